The van der Waals surface area contributed by atoms with E-state index in [9.17, 15) is 13.2 Å². The number of halogens is 1. The maximum atomic E-state index is 11.7. The Morgan fingerprint density at radius 2 is 2.28 bits per heavy atom. The minimum absolute atomic E-state index is 0.157. The van der Waals surface area contributed by atoms with E-state index in [4.69, 9.17) is 11.6 Å². The van der Waals surface area contributed by atoms with Gasteiger partial charge in [0.05, 0.1) is 16.6 Å². The molecule has 1 amide bonds. The molecule has 1 fully saturated rings. The third-order valence-electron chi connectivity index (χ3n) is 2.94. The highest BCUT2D eigenvalue weighted by Crippen LogP contribution is 2.19. The number of hydrogen-bond acceptors (Lipinski definition) is 4. The Hall–Kier alpha value is -1.14. The van der Waals surface area contributed by atoms with Crippen LogP contribution in [0.1, 0.15) is 23.2 Å². The molecule has 0 radical (unpaired) electrons. The first-order valence-electron chi connectivity index (χ1n) is 5.60. The van der Waals surface area contributed by atoms with Crippen molar-refractivity contribution >= 4 is 27.3 Å². The van der Waals surface area contributed by atoms with Gasteiger partial charge in [0, 0.05) is 12.7 Å². The summed E-state index contributed by atoms with van der Waals surface area (Å²) in [6.45, 7) is 0.157. The predicted molar refractivity (Wildman–Crippen MR) is 68.4 cm³/mol. The number of aromatic nitrogens is 1. The van der Waals surface area contributed by atoms with Gasteiger partial charge in [-0.3, -0.25) is 4.79 Å². The molecule has 1 unspecified atom stereocenters. The molecule has 0 bridgehead atoms. The third-order valence-corrected chi connectivity index (χ3v) is 5.44. The van der Waals surface area contributed by atoms with Crippen LogP contribution in [0.5, 0.6) is 0 Å². The highest BCUT2D eigenvalue weighted by molar-refractivity contribution is 7.92. The summed E-state index contributed by atoms with van der Waals surface area (Å²) in [7, 11) is -3.02. The minimum Gasteiger partial charge on any atom is -0.351 e. The number of amides is 1. The standard InChI is InChI=1S/C11H13ClN2O3S/c12-10-4-3-8(6-13-10)11(15)14-7-9-2-1-5-18(9,16)17/h3-4,6,9H,1-2,5,7H2,(H,14,15). The molecular weight excluding hydrogens is 276 g/mol. The topological polar surface area (TPSA) is 76.1 Å². The highest BCUT2D eigenvalue weighted by Gasteiger charge is 2.31. The summed E-state index contributed by atoms with van der Waals surface area (Å²) in [6, 6.07) is 3.07. The first kappa shape index (κ1) is 13.3. The van der Waals surface area contributed by atoms with E-state index in [1.54, 1.807) is 6.07 Å². The maximum Gasteiger partial charge on any atom is 0.252 e. The van der Waals surface area contributed by atoms with Gasteiger partial charge in [0.15, 0.2) is 9.84 Å². The van der Waals surface area contributed by atoms with Crippen LogP contribution in [0, 0.1) is 0 Å². The van der Waals surface area contributed by atoms with Gasteiger partial charge in [-0.15, -0.1) is 0 Å². The number of carbonyl (C=O) groups excluding carboxylic acids is 1. The lowest BCUT2D eigenvalue weighted by atomic mass is 10.2. The van der Waals surface area contributed by atoms with Crippen LogP contribution in [-0.2, 0) is 9.84 Å². The van der Waals surface area contributed by atoms with E-state index >= 15 is 0 Å². The Morgan fingerprint density at radius 3 is 2.83 bits per heavy atom. The smallest absolute Gasteiger partial charge is 0.252 e. The molecule has 7 heteroatoms. The zero-order valence-electron chi connectivity index (χ0n) is 9.60. The zero-order chi connectivity index (χ0) is 13.2. The molecule has 1 N–H and O–H groups in total. The van der Waals surface area contributed by atoms with Crippen LogP contribution in [0.25, 0.3) is 0 Å². The number of carbonyl (C=O) groups is 1. The lowest BCUT2D eigenvalue weighted by molar-refractivity contribution is 0.0953. The van der Waals surface area contributed by atoms with E-state index in [1.807, 2.05) is 0 Å². The van der Waals surface area contributed by atoms with Crippen molar-refractivity contribution < 1.29 is 13.2 Å². The Labute approximate surface area is 110 Å². The van der Waals surface area contributed by atoms with Crippen LogP contribution in [-0.4, -0.2) is 36.9 Å². The van der Waals surface area contributed by atoms with Gasteiger partial charge in [-0.2, -0.15) is 0 Å². The van der Waals surface area contributed by atoms with Crippen LogP contribution in [0.4, 0.5) is 0 Å². The summed E-state index contributed by atoms with van der Waals surface area (Å²) < 4.78 is 23.1. The maximum absolute atomic E-state index is 11.7. The SMILES string of the molecule is O=C(NCC1CCCS1(=O)=O)c1ccc(Cl)nc1. The second-order valence-electron chi connectivity index (χ2n) is 4.21. The van der Waals surface area contributed by atoms with Crippen molar-refractivity contribution in [3.63, 3.8) is 0 Å². The van der Waals surface area contributed by atoms with Crippen molar-refractivity contribution in [2.75, 3.05) is 12.3 Å². The fourth-order valence-electron chi connectivity index (χ4n) is 1.91. The number of sulfone groups is 1. The van der Waals surface area contributed by atoms with Gasteiger partial charge in [0.25, 0.3) is 5.91 Å². The molecule has 1 saturated heterocycles. The normalized spacial score (nSPS) is 21.7. The molecule has 1 aromatic heterocycles. The van der Waals surface area contributed by atoms with Gasteiger partial charge in [0.1, 0.15) is 5.15 Å². The molecule has 1 atom stereocenters. The van der Waals surface area contributed by atoms with Crippen molar-refractivity contribution in [3.8, 4) is 0 Å². The molecule has 5 nitrogen and oxygen atoms in total. The fourth-order valence-corrected chi connectivity index (χ4v) is 3.78. The average molecular weight is 289 g/mol. The minimum atomic E-state index is -3.02. The van der Waals surface area contributed by atoms with Crippen LogP contribution in [0.3, 0.4) is 0 Å². The Morgan fingerprint density at radius 1 is 1.50 bits per heavy atom. The second kappa shape index (κ2) is 5.24. The third kappa shape index (κ3) is 3.00. The van der Waals surface area contributed by atoms with Gasteiger partial charge < -0.3 is 5.32 Å². The lowest BCUT2D eigenvalue weighted by Crippen LogP contribution is -2.34. The molecule has 0 saturated carbocycles. The monoisotopic (exact) mass is 288 g/mol. The highest BCUT2D eigenvalue weighted by atomic mass is 35.5. The molecule has 2 rings (SSSR count). The largest absolute Gasteiger partial charge is 0.351 e. The van der Waals surface area contributed by atoms with Crippen LogP contribution >= 0.6 is 11.6 Å². The van der Waals surface area contributed by atoms with Gasteiger partial charge in [-0.05, 0) is 25.0 Å². The van der Waals surface area contributed by atoms with Crippen molar-refractivity contribution in [2.45, 2.75) is 18.1 Å². The quantitative estimate of drug-likeness (QED) is 0.843. The first-order chi connectivity index (χ1) is 8.49. The molecule has 0 spiro atoms. The van der Waals surface area contributed by atoms with Crippen LogP contribution in [0.15, 0.2) is 18.3 Å². The molecule has 98 valence electrons. The first-order valence-corrected chi connectivity index (χ1v) is 7.70. The van der Waals surface area contributed by atoms with Gasteiger partial charge in [-0.25, -0.2) is 13.4 Å². The molecule has 0 aromatic carbocycles. The fraction of sp³-hybridized carbons (Fsp3) is 0.455. The Balaban J connectivity index is 1.95. The number of pyridine rings is 1. The van der Waals surface area contributed by atoms with Gasteiger partial charge in [0.2, 0.25) is 0 Å². The van der Waals surface area contributed by atoms with E-state index in [0.717, 1.165) is 0 Å². The summed E-state index contributed by atoms with van der Waals surface area (Å²) in [6.07, 6.45) is 2.65. The van der Waals surface area contributed by atoms with E-state index in [0.29, 0.717) is 23.6 Å². The van der Waals surface area contributed by atoms with Crippen molar-refractivity contribution in [1.29, 1.82) is 0 Å². The molecule has 1 aliphatic heterocycles. The molecular formula is C11H13ClN2O3S. The Kier molecular flexibility index (Phi) is 3.87. The van der Waals surface area contributed by atoms with E-state index in [-0.39, 0.29) is 18.2 Å². The Bertz CT molecular complexity index is 542. The second-order valence-corrected chi connectivity index (χ2v) is 7.00. The predicted octanol–water partition coefficient (Wildman–Crippen LogP) is 1.04. The molecule has 0 aliphatic carbocycles. The van der Waals surface area contributed by atoms with Crippen LogP contribution in [0.2, 0.25) is 5.15 Å². The van der Waals surface area contributed by atoms with Crippen molar-refractivity contribution in [2.24, 2.45) is 0 Å². The van der Waals surface area contributed by atoms with Gasteiger partial charge >= 0.3 is 0 Å². The number of rotatable bonds is 3. The van der Waals surface area contributed by atoms with Crippen molar-refractivity contribution in [1.82, 2.24) is 10.3 Å². The summed E-state index contributed by atoms with van der Waals surface area (Å²) in [5.74, 6) is -0.114. The molecule has 18 heavy (non-hydrogen) atoms. The van der Waals surface area contributed by atoms with E-state index in [1.165, 1.54) is 12.3 Å². The number of nitrogens with one attached hydrogen (secondary N) is 1. The molecule has 1 aromatic rings. The van der Waals surface area contributed by atoms with Crippen molar-refractivity contribution in [3.05, 3.63) is 29.0 Å². The summed E-state index contributed by atoms with van der Waals surface area (Å²) in [4.78, 5) is 15.5. The molecule has 1 aliphatic rings. The molecule has 2 heterocycles. The van der Waals surface area contributed by atoms with Crippen LogP contribution < -0.4 is 5.32 Å². The zero-order valence-corrected chi connectivity index (χ0v) is 11.2. The number of hydrogen-bond donors (Lipinski definition) is 1. The lowest BCUT2D eigenvalue weighted by Gasteiger charge is -2.10. The van der Waals surface area contributed by atoms with E-state index < -0.39 is 15.1 Å². The van der Waals surface area contributed by atoms with Gasteiger partial charge in [-0.1, -0.05) is 11.6 Å². The van der Waals surface area contributed by atoms with E-state index in [2.05, 4.69) is 10.3 Å². The average Bonchev–Trinajstić information content (AvgIpc) is 2.66. The summed E-state index contributed by atoms with van der Waals surface area (Å²) in [5, 5.41) is 2.47. The summed E-state index contributed by atoms with van der Waals surface area (Å²) in [5.41, 5.74) is 0.370. The number of nitrogens with zero attached hydrogens (tertiary/aromatic N) is 1. The summed E-state index contributed by atoms with van der Waals surface area (Å²) >= 11 is 5.61.